The van der Waals surface area contributed by atoms with E-state index in [-0.39, 0.29) is 23.4 Å². The Balaban J connectivity index is 1.55. The number of benzene rings is 3. The van der Waals surface area contributed by atoms with Crippen molar-refractivity contribution < 1.29 is 33.0 Å². The highest BCUT2D eigenvalue weighted by atomic mass is 32.2. The van der Waals surface area contributed by atoms with Crippen molar-refractivity contribution in [2.45, 2.75) is 63.1 Å². The van der Waals surface area contributed by atoms with Crippen LogP contribution in [0.4, 0.5) is 0 Å². The molecule has 236 valence electrons. The molecule has 0 bridgehead atoms. The molecule has 0 saturated carbocycles. The van der Waals surface area contributed by atoms with Crippen LogP contribution in [-0.2, 0) is 39.0 Å². The van der Waals surface area contributed by atoms with Gasteiger partial charge in [-0.3, -0.25) is 14.3 Å². The van der Waals surface area contributed by atoms with Gasteiger partial charge in [0.25, 0.3) is 15.9 Å². The summed E-state index contributed by atoms with van der Waals surface area (Å²) in [6, 6.07) is 23.2. The number of aryl methyl sites for hydroxylation is 1. The van der Waals surface area contributed by atoms with E-state index in [2.05, 4.69) is 15.1 Å². The predicted octanol–water partition coefficient (Wildman–Crippen LogP) is 3.55. The van der Waals surface area contributed by atoms with E-state index in [4.69, 9.17) is 0 Å². The highest BCUT2D eigenvalue weighted by Gasteiger charge is 2.29. The second-order valence-electron chi connectivity index (χ2n) is 10.6. The Labute approximate surface area is 262 Å². The Kier molecular flexibility index (Phi) is 10.9. The molecular weight excluding hydrogens is 596 g/mol. The van der Waals surface area contributed by atoms with Gasteiger partial charge in [-0.2, -0.15) is 5.10 Å². The minimum atomic E-state index is -4.06. The van der Waals surface area contributed by atoms with E-state index in [9.17, 15) is 33.0 Å². The van der Waals surface area contributed by atoms with E-state index in [1.54, 1.807) is 72.3 Å². The molecule has 0 aliphatic carbocycles. The van der Waals surface area contributed by atoms with Gasteiger partial charge in [-0.15, -0.1) is 0 Å². The van der Waals surface area contributed by atoms with Gasteiger partial charge in [-0.1, -0.05) is 93.1 Å². The normalized spacial score (nSPS) is 12.7. The molecule has 0 unspecified atom stereocenters. The van der Waals surface area contributed by atoms with E-state index in [1.165, 1.54) is 6.07 Å². The number of hydrogen-bond donors (Lipinski definition) is 4. The highest BCUT2D eigenvalue weighted by Crippen LogP contribution is 2.28. The third kappa shape index (κ3) is 8.43. The van der Waals surface area contributed by atoms with Crippen molar-refractivity contribution in [2.75, 3.05) is 0 Å². The first-order chi connectivity index (χ1) is 21.5. The van der Waals surface area contributed by atoms with Crippen LogP contribution in [0.2, 0.25) is 0 Å². The quantitative estimate of drug-likeness (QED) is 0.164. The predicted molar refractivity (Wildman–Crippen MR) is 168 cm³/mol. The zero-order valence-corrected chi connectivity index (χ0v) is 25.8. The molecule has 2 amide bonds. The monoisotopic (exact) mass is 632 g/mol. The molecule has 4 N–H and O–H groups in total. The largest absolute Gasteiger partial charge is 0.479 e. The molecule has 3 aromatic carbocycles. The molecule has 0 radical (unpaired) electrons. The molecule has 0 spiro atoms. The number of aliphatic hydroxyl groups is 1. The lowest BCUT2D eigenvalue weighted by molar-refractivity contribution is -0.148. The van der Waals surface area contributed by atoms with Gasteiger partial charge in [0.1, 0.15) is 5.69 Å². The summed E-state index contributed by atoms with van der Waals surface area (Å²) in [7, 11) is -4.06. The van der Waals surface area contributed by atoms with Crippen molar-refractivity contribution in [3.8, 4) is 11.1 Å². The Morgan fingerprint density at radius 2 is 1.58 bits per heavy atom. The lowest BCUT2D eigenvalue weighted by Crippen LogP contribution is -2.48. The Bertz CT molecular complexity index is 1750. The zero-order chi connectivity index (χ0) is 32.6. The number of sulfonamides is 1. The molecule has 0 aliphatic heterocycles. The number of nitrogens with zero attached hydrogens (tertiary/aromatic N) is 2. The first-order valence-electron chi connectivity index (χ1n) is 14.6. The molecule has 12 heteroatoms. The fraction of sp³-hybridized carbons (Fsp3) is 0.273. The lowest BCUT2D eigenvalue weighted by Gasteiger charge is -2.21. The molecule has 45 heavy (non-hydrogen) atoms. The lowest BCUT2D eigenvalue weighted by atomic mass is 10.0. The summed E-state index contributed by atoms with van der Waals surface area (Å²) >= 11 is 0. The van der Waals surface area contributed by atoms with Gasteiger partial charge in [0.15, 0.2) is 6.10 Å². The second-order valence-corrected chi connectivity index (χ2v) is 12.2. The molecule has 0 aliphatic rings. The van der Waals surface area contributed by atoms with Crippen LogP contribution in [0.25, 0.3) is 11.1 Å². The van der Waals surface area contributed by atoms with Gasteiger partial charge in [-0.25, -0.2) is 17.9 Å². The van der Waals surface area contributed by atoms with E-state index in [1.807, 2.05) is 25.1 Å². The summed E-state index contributed by atoms with van der Waals surface area (Å²) in [5, 5.41) is 26.9. The summed E-state index contributed by atoms with van der Waals surface area (Å²) in [4.78, 5) is 36.6. The second kappa shape index (κ2) is 14.8. The van der Waals surface area contributed by atoms with Gasteiger partial charge in [-0.05, 0) is 41.7 Å². The average Bonchev–Trinajstić information content (AvgIpc) is 3.43. The van der Waals surface area contributed by atoms with E-state index in [0.717, 1.165) is 23.2 Å². The van der Waals surface area contributed by atoms with Gasteiger partial charge in [0.2, 0.25) is 5.91 Å². The number of aliphatic carboxylic acids is 1. The van der Waals surface area contributed by atoms with Crippen LogP contribution in [0.3, 0.4) is 0 Å². The van der Waals surface area contributed by atoms with Crippen molar-refractivity contribution >= 4 is 27.8 Å². The van der Waals surface area contributed by atoms with Crippen molar-refractivity contribution in [3.05, 3.63) is 107 Å². The summed E-state index contributed by atoms with van der Waals surface area (Å²) in [6.45, 7) is 3.89. The van der Waals surface area contributed by atoms with Gasteiger partial charge in [0.05, 0.1) is 17.5 Å². The van der Waals surface area contributed by atoms with Crippen LogP contribution in [0.5, 0.6) is 0 Å². The SMILES string of the molecule is CCCc1cc(C(=O)N[C@H](Cc2ccccc2)[C@@H](O)C(=O)O)nn1Cc1ccc(-c2ccccc2S(=O)(=O)NC(=O)CC)cc1. The summed E-state index contributed by atoms with van der Waals surface area (Å²) in [5.41, 5.74) is 3.58. The number of aliphatic hydroxyl groups excluding tert-OH is 1. The first-order valence-corrected chi connectivity index (χ1v) is 16.1. The number of hydrogen-bond acceptors (Lipinski definition) is 7. The maximum atomic E-state index is 13.2. The Hall–Kier alpha value is -4.81. The summed E-state index contributed by atoms with van der Waals surface area (Å²) < 4.78 is 29.5. The maximum absolute atomic E-state index is 13.2. The number of rotatable bonds is 14. The zero-order valence-electron chi connectivity index (χ0n) is 25.0. The summed E-state index contributed by atoms with van der Waals surface area (Å²) in [6.07, 6.45) is -0.235. The van der Waals surface area contributed by atoms with Gasteiger partial charge < -0.3 is 15.5 Å². The van der Waals surface area contributed by atoms with Crippen molar-refractivity contribution in [3.63, 3.8) is 0 Å². The van der Waals surface area contributed by atoms with E-state index in [0.29, 0.717) is 24.1 Å². The van der Waals surface area contributed by atoms with E-state index < -0.39 is 40.0 Å². The number of carbonyl (C=O) groups excluding carboxylic acids is 2. The molecular formula is C33H36N4O7S. The minimum Gasteiger partial charge on any atom is -0.479 e. The van der Waals surface area contributed by atoms with Crippen molar-refractivity contribution in [1.82, 2.24) is 19.8 Å². The Morgan fingerprint density at radius 3 is 2.22 bits per heavy atom. The van der Waals surface area contributed by atoms with Crippen molar-refractivity contribution in [1.29, 1.82) is 0 Å². The molecule has 0 saturated heterocycles. The number of carboxylic acid groups (broad SMARTS) is 1. The number of nitrogens with one attached hydrogen (secondary N) is 2. The first kappa shape index (κ1) is 33.1. The van der Waals surface area contributed by atoms with Crippen LogP contribution in [0.15, 0.2) is 89.8 Å². The number of carbonyl (C=O) groups is 3. The smallest absolute Gasteiger partial charge is 0.334 e. The molecule has 1 aromatic heterocycles. The standard InChI is InChI=1S/C33H36N4O7S/c1-3-10-25-20-28(32(40)34-27(31(39)33(41)42)19-22-11-6-5-7-12-22)35-37(25)21-23-15-17-24(18-16-23)26-13-8-9-14-29(26)45(43,44)36-30(38)4-2/h5-9,11-18,20,27,31,39H,3-4,10,19,21H2,1-2H3,(H,34,40)(H,36,38)(H,41,42)/t27-,31-/m1/s1. The average molecular weight is 633 g/mol. The summed E-state index contributed by atoms with van der Waals surface area (Å²) in [5.74, 6) is -2.64. The number of aromatic nitrogens is 2. The van der Waals surface area contributed by atoms with Gasteiger partial charge in [0, 0.05) is 17.7 Å². The maximum Gasteiger partial charge on any atom is 0.334 e. The highest BCUT2D eigenvalue weighted by molar-refractivity contribution is 7.90. The molecule has 11 nitrogen and oxygen atoms in total. The third-order valence-electron chi connectivity index (χ3n) is 7.19. The minimum absolute atomic E-state index is 0.00824. The van der Waals surface area contributed by atoms with Crippen LogP contribution in [0, 0.1) is 0 Å². The molecule has 1 heterocycles. The fourth-order valence-corrected chi connectivity index (χ4v) is 6.15. The third-order valence-corrected chi connectivity index (χ3v) is 8.63. The molecule has 2 atom stereocenters. The van der Waals surface area contributed by atoms with Crippen LogP contribution in [0.1, 0.15) is 54.0 Å². The molecule has 0 fully saturated rings. The number of carboxylic acids is 1. The van der Waals surface area contributed by atoms with E-state index >= 15 is 0 Å². The van der Waals surface area contributed by atoms with Crippen LogP contribution < -0.4 is 10.0 Å². The number of amides is 2. The van der Waals surface area contributed by atoms with Crippen LogP contribution in [-0.4, -0.2) is 58.3 Å². The van der Waals surface area contributed by atoms with Crippen molar-refractivity contribution in [2.24, 2.45) is 0 Å². The molecule has 4 rings (SSSR count). The fourth-order valence-electron chi connectivity index (χ4n) is 4.86. The topological polar surface area (TPSA) is 168 Å². The molecule has 4 aromatic rings. The Morgan fingerprint density at radius 1 is 0.911 bits per heavy atom. The van der Waals surface area contributed by atoms with Crippen LogP contribution >= 0.6 is 0 Å². The van der Waals surface area contributed by atoms with Gasteiger partial charge >= 0.3 is 5.97 Å².